The molecule has 0 aromatic heterocycles. The van der Waals surface area contributed by atoms with Crippen molar-refractivity contribution < 1.29 is 19.5 Å². The minimum absolute atomic E-state index is 0.0411. The summed E-state index contributed by atoms with van der Waals surface area (Å²) in [5, 5.41) is 13.1. The lowest BCUT2D eigenvalue weighted by Crippen LogP contribution is -2.51. The molecule has 9 atom stereocenters. The predicted octanol–water partition coefficient (Wildman–Crippen LogP) is 4.86. The first-order valence-electron chi connectivity index (χ1n) is 13.6. The summed E-state index contributed by atoms with van der Waals surface area (Å²) < 4.78 is 0. The van der Waals surface area contributed by atoms with Gasteiger partial charge in [0.1, 0.15) is 11.6 Å². The third kappa shape index (κ3) is 4.42. The summed E-state index contributed by atoms with van der Waals surface area (Å²) in [4.78, 5) is 37.8. The maximum Gasteiger partial charge on any atom is 0.216 e. The van der Waals surface area contributed by atoms with Crippen molar-refractivity contribution in [3.05, 3.63) is 11.6 Å². The molecule has 2 N–H and O–H groups in total. The van der Waals surface area contributed by atoms with Gasteiger partial charge >= 0.3 is 0 Å². The smallest absolute Gasteiger partial charge is 0.216 e. The normalized spacial score (nSPS) is 40.9. The second-order valence-corrected chi connectivity index (χ2v) is 12.7. The number of hydrogen-bond donors (Lipinski definition) is 2. The van der Waals surface area contributed by atoms with Crippen molar-refractivity contribution >= 4 is 17.5 Å². The number of Topliss-reactive ketones (excluding diaryl/α,β-unsaturated/α-hetero) is 2. The fourth-order valence-corrected chi connectivity index (χ4v) is 8.54. The van der Waals surface area contributed by atoms with Gasteiger partial charge in [0.15, 0.2) is 0 Å². The van der Waals surface area contributed by atoms with Gasteiger partial charge in [0.05, 0.1) is 6.10 Å². The Hall–Kier alpha value is -1.49. The summed E-state index contributed by atoms with van der Waals surface area (Å²) in [7, 11) is 0. The largest absolute Gasteiger partial charge is 0.393 e. The molecule has 3 fully saturated rings. The standard InChI is InChI=1S/C29H45NO4/c1-17(16-30-19(3)31)6-9-25(33)18(2)27-26(34)15-24-22-8-7-20-14-21(32)10-12-28(20,4)23(22)11-13-29(24,27)5/h7,17-18,21-24,27,32H,6,8-16H2,1-5H3,(H,30,31)/t17-,18-,21-,22-,23+,24+,27+,28-,29-/m0/s1. The van der Waals surface area contributed by atoms with Crippen LogP contribution in [0.2, 0.25) is 0 Å². The van der Waals surface area contributed by atoms with Crippen LogP contribution < -0.4 is 5.32 Å². The fourth-order valence-electron chi connectivity index (χ4n) is 8.54. The van der Waals surface area contributed by atoms with E-state index >= 15 is 0 Å². The molecule has 5 nitrogen and oxygen atoms in total. The topological polar surface area (TPSA) is 83.5 Å². The van der Waals surface area contributed by atoms with Crippen LogP contribution in [0.5, 0.6) is 0 Å². The highest BCUT2D eigenvalue weighted by Crippen LogP contribution is 2.66. The van der Waals surface area contributed by atoms with Crippen molar-refractivity contribution in [3.8, 4) is 0 Å². The molecular formula is C29H45NO4. The van der Waals surface area contributed by atoms with Crippen LogP contribution in [0, 0.1) is 46.3 Å². The number of fused-ring (bicyclic) bond motifs is 5. The SMILES string of the molecule is CC(=O)NC[C@@H](C)CCC(=O)[C@H](C)[C@@H]1C(=O)C[C@@H]2[C@H]3CC=C4C[C@@H](O)CC[C@]4(C)[C@@H]3CC[C@@]21C. The highest BCUT2D eigenvalue weighted by atomic mass is 16.3. The second kappa shape index (κ2) is 9.52. The summed E-state index contributed by atoms with van der Waals surface area (Å²) in [5.41, 5.74) is 1.52. The molecule has 0 aromatic rings. The lowest BCUT2D eigenvalue weighted by molar-refractivity contribution is -0.134. The number of carbonyl (C=O) groups is 3. The van der Waals surface area contributed by atoms with E-state index in [1.54, 1.807) is 0 Å². The average Bonchev–Trinajstić information content (AvgIpc) is 3.05. The number of allylic oxidation sites excluding steroid dienone is 1. The van der Waals surface area contributed by atoms with E-state index in [0.29, 0.717) is 42.9 Å². The van der Waals surface area contributed by atoms with Gasteiger partial charge in [0, 0.05) is 38.1 Å². The zero-order valence-electron chi connectivity index (χ0n) is 21.9. The maximum atomic E-state index is 13.4. The molecule has 0 aromatic carbocycles. The van der Waals surface area contributed by atoms with Gasteiger partial charge in [-0.3, -0.25) is 14.4 Å². The molecule has 4 aliphatic rings. The first-order chi connectivity index (χ1) is 16.0. The van der Waals surface area contributed by atoms with Gasteiger partial charge in [-0.1, -0.05) is 39.3 Å². The first kappa shape index (κ1) is 25.6. The number of nitrogens with one attached hydrogen (secondary N) is 1. The number of carbonyl (C=O) groups excluding carboxylic acids is 3. The number of aliphatic hydroxyl groups excluding tert-OH is 1. The number of rotatable bonds is 7. The Morgan fingerprint density at radius 3 is 2.59 bits per heavy atom. The number of hydrogen-bond acceptors (Lipinski definition) is 4. The molecule has 5 heteroatoms. The summed E-state index contributed by atoms with van der Waals surface area (Å²) in [6.07, 6.45) is 9.96. The molecular weight excluding hydrogens is 426 g/mol. The molecule has 34 heavy (non-hydrogen) atoms. The number of amides is 1. The Labute approximate surface area is 205 Å². The summed E-state index contributed by atoms with van der Waals surface area (Å²) in [6.45, 7) is 10.9. The van der Waals surface area contributed by atoms with Crippen LogP contribution in [0.15, 0.2) is 11.6 Å². The lowest BCUT2D eigenvalue weighted by Gasteiger charge is -2.58. The zero-order valence-corrected chi connectivity index (χ0v) is 21.9. The summed E-state index contributed by atoms with van der Waals surface area (Å²) >= 11 is 0. The highest BCUT2D eigenvalue weighted by molar-refractivity contribution is 5.92. The van der Waals surface area contributed by atoms with Gasteiger partial charge in [0.25, 0.3) is 0 Å². The molecule has 190 valence electrons. The monoisotopic (exact) mass is 471 g/mol. The van der Waals surface area contributed by atoms with Crippen LogP contribution in [0.1, 0.15) is 92.4 Å². The van der Waals surface area contributed by atoms with Crippen molar-refractivity contribution in [1.29, 1.82) is 0 Å². The van der Waals surface area contributed by atoms with E-state index in [0.717, 1.165) is 44.9 Å². The molecule has 3 saturated carbocycles. The molecule has 0 aliphatic heterocycles. The molecule has 0 unspecified atom stereocenters. The van der Waals surface area contributed by atoms with Gasteiger partial charge in [-0.05, 0) is 79.4 Å². The number of aliphatic hydroxyl groups is 1. The van der Waals surface area contributed by atoms with Crippen LogP contribution in [0.4, 0.5) is 0 Å². The Balaban J connectivity index is 1.46. The van der Waals surface area contributed by atoms with Gasteiger partial charge in [-0.15, -0.1) is 0 Å². The summed E-state index contributed by atoms with van der Waals surface area (Å²) in [5.74, 6) is 1.78. The van der Waals surface area contributed by atoms with Gasteiger partial charge < -0.3 is 10.4 Å². The molecule has 0 heterocycles. The van der Waals surface area contributed by atoms with Gasteiger partial charge in [-0.25, -0.2) is 0 Å². The minimum atomic E-state index is -0.234. The third-order valence-corrected chi connectivity index (χ3v) is 10.6. The van der Waals surface area contributed by atoms with E-state index < -0.39 is 0 Å². The molecule has 0 spiro atoms. The van der Waals surface area contributed by atoms with E-state index in [1.165, 1.54) is 12.5 Å². The Morgan fingerprint density at radius 1 is 1.15 bits per heavy atom. The van der Waals surface area contributed by atoms with Crippen LogP contribution in [0.25, 0.3) is 0 Å². The van der Waals surface area contributed by atoms with Crippen molar-refractivity contribution in [2.75, 3.05) is 6.54 Å². The molecule has 1 amide bonds. The fraction of sp³-hybridized carbons (Fsp3) is 0.828. The minimum Gasteiger partial charge on any atom is -0.393 e. The second-order valence-electron chi connectivity index (χ2n) is 12.7. The van der Waals surface area contributed by atoms with E-state index in [4.69, 9.17) is 0 Å². The third-order valence-electron chi connectivity index (χ3n) is 10.6. The van der Waals surface area contributed by atoms with Crippen LogP contribution in [-0.4, -0.2) is 35.2 Å². The Bertz CT molecular complexity index is 864. The van der Waals surface area contributed by atoms with Crippen molar-refractivity contribution in [2.45, 2.75) is 98.5 Å². The maximum absolute atomic E-state index is 13.4. The average molecular weight is 472 g/mol. The lowest BCUT2D eigenvalue weighted by atomic mass is 9.47. The van der Waals surface area contributed by atoms with E-state index in [9.17, 15) is 19.5 Å². The summed E-state index contributed by atoms with van der Waals surface area (Å²) in [6, 6.07) is 0. The van der Waals surface area contributed by atoms with Gasteiger partial charge in [-0.2, -0.15) is 0 Å². The predicted molar refractivity (Wildman–Crippen MR) is 133 cm³/mol. The molecule has 4 aliphatic carbocycles. The van der Waals surface area contributed by atoms with E-state index in [-0.39, 0.29) is 46.4 Å². The van der Waals surface area contributed by atoms with E-state index in [1.807, 2.05) is 6.92 Å². The molecule has 4 rings (SSSR count). The van der Waals surface area contributed by atoms with Crippen LogP contribution in [-0.2, 0) is 14.4 Å². The molecule has 0 bridgehead atoms. The van der Waals surface area contributed by atoms with Crippen LogP contribution >= 0.6 is 0 Å². The van der Waals surface area contributed by atoms with Crippen LogP contribution in [0.3, 0.4) is 0 Å². The highest BCUT2D eigenvalue weighted by Gasteiger charge is 2.62. The van der Waals surface area contributed by atoms with Crippen molar-refractivity contribution in [1.82, 2.24) is 5.32 Å². The van der Waals surface area contributed by atoms with Crippen molar-refractivity contribution in [2.24, 2.45) is 46.3 Å². The Kier molecular flexibility index (Phi) is 7.17. The van der Waals surface area contributed by atoms with E-state index in [2.05, 4.69) is 32.2 Å². The molecule has 0 saturated heterocycles. The zero-order chi connectivity index (χ0) is 24.8. The Morgan fingerprint density at radius 2 is 1.88 bits per heavy atom. The molecule has 0 radical (unpaired) electrons. The van der Waals surface area contributed by atoms with Gasteiger partial charge in [0.2, 0.25) is 5.91 Å². The van der Waals surface area contributed by atoms with Crippen molar-refractivity contribution in [3.63, 3.8) is 0 Å². The number of ketones is 2. The first-order valence-corrected chi connectivity index (χ1v) is 13.6. The quantitative estimate of drug-likeness (QED) is 0.519.